The van der Waals surface area contributed by atoms with E-state index < -0.39 is 5.97 Å². The number of nitriles is 1. The quantitative estimate of drug-likeness (QED) is 0.735. The minimum atomic E-state index is -0.718. The van der Waals surface area contributed by atoms with Crippen LogP contribution in [0.4, 0.5) is 0 Å². The third-order valence-electron chi connectivity index (χ3n) is 5.53. The summed E-state index contributed by atoms with van der Waals surface area (Å²) >= 11 is 0. The molecule has 1 N–H and O–H groups in total. The molecule has 2 aliphatic heterocycles. The Morgan fingerprint density at radius 2 is 2.03 bits per heavy atom. The zero-order valence-electron chi connectivity index (χ0n) is 17.6. The molecule has 1 unspecified atom stereocenters. The summed E-state index contributed by atoms with van der Waals surface area (Å²) in [5, 5.41) is 22.7. The van der Waals surface area contributed by atoms with Gasteiger partial charge in [0.1, 0.15) is 11.8 Å². The van der Waals surface area contributed by atoms with Crippen LogP contribution in [-0.2, 0) is 16.2 Å². The average Bonchev–Trinajstić information content (AvgIpc) is 3.20. The van der Waals surface area contributed by atoms with Crippen LogP contribution in [-0.4, -0.2) is 40.9 Å². The number of carboxylic acids is 1. The fourth-order valence-corrected chi connectivity index (χ4v) is 3.83. The summed E-state index contributed by atoms with van der Waals surface area (Å²) in [7, 11) is 0. The molecule has 0 amide bonds. The van der Waals surface area contributed by atoms with E-state index in [-0.39, 0.29) is 18.1 Å². The maximum absolute atomic E-state index is 10.9. The molecule has 2 aromatic carbocycles. The largest absolute Gasteiger partial charge is 0.490 e. The van der Waals surface area contributed by atoms with Gasteiger partial charge >= 0.3 is 5.97 Å². The maximum atomic E-state index is 10.9. The number of nitrogens with zero attached hydrogens (tertiary/aromatic N) is 3. The SMILES string of the molecule is CC(C)Oc1ccc(C2CC(c3ccc(CN4CC(C(=O)O)C4)cc3)=NO2)cc1C#N. The van der Waals surface area contributed by atoms with E-state index in [1.165, 1.54) is 0 Å². The second kappa shape index (κ2) is 8.78. The van der Waals surface area contributed by atoms with E-state index in [1.807, 2.05) is 50.2 Å². The molecular weight excluding hydrogens is 394 g/mol. The maximum Gasteiger partial charge on any atom is 0.309 e. The lowest BCUT2D eigenvalue weighted by Crippen LogP contribution is -2.49. The fraction of sp³-hybridized carbons (Fsp3) is 0.375. The van der Waals surface area contributed by atoms with E-state index in [9.17, 15) is 10.1 Å². The summed E-state index contributed by atoms with van der Waals surface area (Å²) in [5.41, 5.74) is 4.39. The van der Waals surface area contributed by atoms with Gasteiger partial charge < -0.3 is 14.7 Å². The van der Waals surface area contributed by atoms with Gasteiger partial charge in [-0.15, -0.1) is 0 Å². The summed E-state index contributed by atoms with van der Waals surface area (Å²) in [5.74, 6) is -0.383. The van der Waals surface area contributed by atoms with Gasteiger partial charge in [0, 0.05) is 26.1 Å². The molecule has 1 atom stereocenters. The predicted molar refractivity (Wildman–Crippen MR) is 115 cm³/mol. The fourth-order valence-electron chi connectivity index (χ4n) is 3.83. The summed E-state index contributed by atoms with van der Waals surface area (Å²) in [6.45, 7) is 5.81. The minimum absolute atomic E-state index is 0.00159. The standard InChI is InChI=1S/C24H25N3O4/c1-15(2)30-22-8-7-18(9-19(22)11-25)23-10-21(26-31-23)17-5-3-16(4-6-17)12-27-13-20(14-27)24(28)29/h3-9,15,20,23H,10,12-14H2,1-2H3,(H,28,29). The molecule has 0 bridgehead atoms. The Balaban J connectivity index is 1.36. The number of hydrogen-bond acceptors (Lipinski definition) is 6. The first-order valence-electron chi connectivity index (χ1n) is 10.4. The number of carboxylic acid groups (broad SMARTS) is 1. The zero-order chi connectivity index (χ0) is 22.0. The molecule has 0 aromatic heterocycles. The Hall–Kier alpha value is -3.37. The minimum Gasteiger partial charge on any atom is -0.490 e. The first-order chi connectivity index (χ1) is 14.9. The second-order valence-corrected chi connectivity index (χ2v) is 8.30. The van der Waals surface area contributed by atoms with E-state index in [0.717, 1.165) is 28.9 Å². The number of benzene rings is 2. The molecule has 4 rings (SSSR count). The smallest absolute Gasteiger partial charge is 0.309 e. The average molecular weight is 419 g/mol. The highest BCUT2D eigenvalue weighted by Gasteiger charge is 2.32. The van der Waals surface area contributed by atoms with Gasteiger partial charge in [0.2, 0.25) is 0 Å². The summed E-state index contributed by atoms with van der Waals surface area (Å²) < 4.78 is 5.69. The van der Waals surface area contributed by atoms with Crippen molar-refractivity contribution >= 4 is 11.7 Å². The topological polar surface area (TPSA) is 95.2 Å². The molecule has 0 radical (unpaired) electrons. The Bertz CT molecular complexity index is 1030. The van der Waals surface area contributed by atoms with Gasteiger partial charge in [0.25, 0.3) is 0 Å². The normalized spacial score (nSPS) is 18.8. The van der Waals surface area contributed by atoms with Gasteiger partial charge in [-0.05, 0) is 42.7 Å². The number of rotatable bonds is 7. The molecule has 0 saturated carbocycles. The Kier molecular flexibility index (Phi) is 5.92. The van der Waals surface area contributed by atoms with Crippen molar-refractivity contribution < 1.29 is 19.5 Å². The lowest BCUT2D eigenvalue weighted by Gasteiger charge is -2.36. The zero-order valence-corrected chi connectivity index (χ0v) is 17.6. The number of hydrogen-bond donors (Lipinski definition) is 1. The Morgan fingerprint density at radius 1 is 1.29 bits per heavy atom. The van der Waals surface area contributed by atoms with Crippen LogP contribution in [0, 0.1) is 17.2 Å². The second-order valence-electron chi connectivity index (χ2n) is 8.30. The van der Waals surface area contributed by atoms with Gasteiger partial charge in [-0.25, -0.2) is 0 Å². The van der Waals surface area contributed by atoms with Crippen LogP contribution in [0.1, 0.15) is 48.6 Å². The number of likely N-dealkylation sites (tertiary alicyclic amines) is 1. The summed E-state index contributed by atoms with van der Waals surface area (Å²) in [6, 6.07) is 15.9. The third-order valence-corrected chi connectivity index (χ3v) is 5.53. The van der Waals surface area contributed by atoms with Crippen molar-refractivity contribution in [3.05, 3.63) is 64.7 Å². The van der Waals surface area contributed by atoms with Crippen molar-refractivity contribution in [2.45, 2.75) is 39.0 Å². The molecule has 7 heteroatoms. The van der Waals surface area contributed by atoms with Crippen molar-refractivity contribution in [1.29, 1.82) is 5.26 Å². The van der Waals surface area contributed by atoms with Gasteiger partial charge in [0.05, 0.1) is 23.3 Å². The molecule has 0 spiro atoms. The lowest BCUT2D eigenvalue weighted by atomic mass is 9.97. The highest BCUT2D eigenvalue weighted by Crippen LogP contribution is 2.32. The predicted octanol–water partition coefficient (Wildman–Crippen LogP) is 3.73. The molecule has 2 aromatic rings. The van der Waals surface area contributed by atoms with Crippen molar-refractivity contribution in [1.82, 2.24) is 4.90 Å². The number of oxime groups is 1. The van der Waals surface area contributed by atoms with Crippen molar-refractivity contribution in [2.24, 2.45) is 11.1 Å². The Labute approximate surface area is 181 Å². The lowest BCUT2D eigenvalue weighted by molar-refractivity contribution is -0.147. The molecule has 1 saturated heterocycles. The molecule has 2 heterocycles. The highest BCUT2D eigenvalue weighted by molar-refractivity contribution is 6.01. The highest BCUT2D eigenvalue weighted by atomic mass is 16.6. The van der Waals surface area contributed by atoms with Crippen LogP contribution in [0.2, 0.25) is 0 Å². The van der Waals surface area contributed by atoms with E-state index in [2.05, 4.69) is 16.1 Å². The number of aliphatic carboxylic acids is 1. The van der Waals surface area contributed by atoms with Crippen LogP contribution in [0.15, 0.2) is 47.6 Å². The summed E-state index contributed by atoms with van der Waals surface area (Å²) in [4.78, 5) is 18.7. The van der Waals surface area contributed by atoms with Gasteiger partial charge in [-0.3, -0.25) is 9.69 Å². The van der Waals surface area contributed by atoms with E-state index in [1.54, 1.807) is 6.07 Å². The number of ether oxygens (including phenoxy) is 1. The summed E-state index contributed by atoms with van der Waals surface area (Å²) in [6.07, 6.45) is 0.392. The van der Waals surface area contributed by atoms with Crippen LogP contribution in [0.5, 0.6) is 5.75 Å². The van der Waals surface area contributed by atoms with Crippen molar-refractivity contribution in [3.8, 4) is 11.8 Å². The molecular formula is C24H25N3O4. The molecule has 2 aliphatic rings. The molecule has 7 nitrogen and oxygen atoms in total. The monoisotopic (exact) mass is 419 g/mol. The van der Waals surface area contributed by atoms with Crippen molar-refractivity contribution in [3.63, 3.8) is 0 Å². The molecule has 31 heavy (non-hydrogen) atoms. The van der Waals surface area contributed by atoms with E-state index in [0.29, 0.717) is 30.8 Å². The first kappa shape index (κ1) is 20.9. The van der Waals surface area contributed by atoms with Crippen molar-refractivity contribution in [2.75, 3.05) is 13.1 Å². The van der Waals surface area contributed by atoms with Crippen LogP contribution < -0.4 is 4.74 Å². The van der Waals surface area contributed by atoms with Crippen LogP contribution in [0.3, 0.4) is 0 Å². The van der Waals surface area contributed by atoms with Gasteiger partial charge in [0.15, 0.2) is 6.10 Å². The van der Waals surface area contributed by atoms with Crippen LogP contribution >= 0.6 is 0 Å². The van der Waals surface area contributed by atoms with Gasteiger partial charge in [-0.2, -0.15) is 5.26 Å². The molecule has 160 valence electrons. The number of carbonyl (C=O) groups is 1. The van der Waals surface area contributed by atoms with E-state index >= 15 is 0 Å². The molecule has 1 fully saturated rings. The van der Waals surface area contributed by atoms with E-state index in [4.69, 9.17) is 14.7 Å². The molecule has 0 aliphatic carbocycles. The van der Waals surface area contributed by atoms with Crippen LogP contribution in [0.25, 0.3) is 0 Å². The van der Waals surface area contributed by atoms with Gasteiger partial charge in [-0.1, -0.05) is 35.5 Å². The first-order valence-corrected chi connectivity index (χ1v) is 10.4. The third kappa shape index (κ3) is 4.70. The Morgan fingerprint density at radius 3 is 2.68 bits per heavy atom.